The van der Waals surface area contributed by atoms with Crippen molar-refractivity contribution in [3.05, 3.63) is 30.3 Å². The Kier molecular flexibility index (Phi) is 1.77. The predicted octanol–water partition coefficient (Wildman–Crippen LogP) is 1.49. The van der Waals surface area contributed by atoms with Crippen molar-refractivity contribution in [1.82, 2.24) is 5.32 Å². The minimum atomic E-state index is 0.607. The van der Waals surface area contributed by atoms with E-state index in [-0.39, 0.29) is 0 Å². The van der Waals surface area contributed by atoms with Gasteiger partial charge in [-0.3, -0.25) is 0 Å². The normalized spacial score (nSPS) is 23.9. The average molecular weight is 188 g/mol. The summed E-state index contributed by atoms with van der Waals surface area (Å²) in [5.41, 5.74) is 1.99. The highest BCUT2D eigenvalue weighted by molar-refractivity contribution is 5.49. The molecule has 2 fully saturated rings. The molecular formula is C12H16N2. The molecule has 0 radical (unpaired) electrons. The molecule has 1 aromatic carbocycles. The second-order valence-corrected chi connectivity index (χ2v) is 4.62. The van der Waals surface area contributed by atoms with Gasteiger partial charge in [0.15, 0.2) is 0 Å². The maximum atomic E-state index is 3.46. The molecule has 2 nitrogen and oxygen atoms in total. The summed E-state index contributed by atoms with van der Waals surface area (Å²) in [6.45, 7) is 4.91. The monoisotopic (exact) mass is 188 g/mol. The highest BCUT2D eigenvalue weighted by Gasteiger charge is 2.44. The fourth-order valence-electron chi connectivity index (χ4n) is 2.65. The van der Waals surface area contributed by atoms with Gasteiger partial charge < -0.3 is 10.2 Å². The van der Waals surface area contributed by atoms with Gasteiger partial charge in [0.05, 0.1) is 0 Å². The maximum absolute atomic E-state index is 3.46. The number of nitrogens with zero attached hydrogens (tertiary/aromatic N) is 1. The van der Waals surface area contributed by atoms with E-state index in [0.29, 0.717) is 5.41 Å². The van der Waals surface area contributed by atoms with E-state index in [2.05, 4.69) is 40.5 Å². The first-order valence-corrected chi connectivity index (χ1v) is 5.39. The average Bonchev–Trinajstić information content (AvgIpc) is 2.65. The number of rotatable bonds is 1. The molecule has 1 aromatic rings. The number of anilines is 1. The number of benzene rings is 1. The lowest BCUT2D eigenvalue weighted by Crippen LogP contribution is -2.57. The summed E-state index contributed by atoms with van der Waals surface area (Å²) >= 11 is 0. The van der Waals surface area contributed by atoms with Crippen molar-refractivity contribution in [3.8, 4) is 0 Å². The van der Waals surface area contributed by atoms with Crippen LogP contribution in [0.3, 0.4) is 0 Å². The third-order valence-corrected chi connectivity index (χ3v) is 3.51. The first kappa shape index (κ1) is 8.30. The van der Waals surface area contributed by atoms with E-state index in [1.807, 2.05) is 0 Å². The molecule has 2 aliphatic heterocycles. The molecule has 0 saturated carbocycles. The van der Waals surface area contributed by atoms with E-state index >= 15 is 0 Å². The summed E-state index contributed by atoms with van der Waals surface area (Å²) in [6, 6.07) is 10.7. The molecule has 0 unspecified atom stereocenters. The Hall–Kier alpha value is -1.02. The van der Waals surface area contributed by atoms with Crippen molar-refractivity contribution in [3.63, 3.8) is 0 Å². The molecule has 3 rings (SSSR count). The second-order valence-electron chi connectivity index (χ2n) is 4.62. The second kappa shape index (κ2) is 2.99. The fourth-order valence-corrected chi connectivity index (χ4v) is 2.65. The Balaban J connectivity index is 1.69. The topological polar surface area (TPSA) is 15.3 Å². The Bertz CT molecular complexity index is 306. The Morgan fingerprint density at radius 1 is 1.14 bits per heavy atom. The minimum absolute atomic E-state index is 0.607. The molecule has 1 N–H and O–H groups in total. The summed E-state index contributed by atoms with van der Waals surface area (Å²) < 4.78 is 0. The van der Waals surface area contributed by atoms with Crippen LogP contribution in [0.15, 0.2) is 30.3 Å². The lowest BCUT2D eigenvalue weighted by Gasteiger charge is -2.49. The van der Waals surface area contributed by atoms with Crippen LogP contribution in [0.25, 0.3) is 0 Å². The van der Waals surface area contributed by atoms with Gasteiger partial charge in [-0.2, -0.15) is 0 Å². The molecular weight excluding hydrogens is 172 g/mol. The van der Waals surface area contributed by atoms with Gasteiger partial charge >= 0.3 is 0 Å². The minimum Gasteiger partial charge on any atom is -0.370 e. The maximum Gasteiger partial charge on any atom is 0.0366 e. The molecule has 74 valence electrons. The summed E-state index contributed by atoms with van der Waals surface area (Å²) in [4.78, 5) is 2.48. The van der Waals surface area contributed by atoms with Crippen LogP contribution in [0.1, 0.15) is 6.42 Å². The Morgan fingerprint density at radius 3 is 2.57 bits per heavy atom. The van der Waals surface area contributed by atoms with Gasteiger partial charge in [0.2, 0.25) is 0 Å². The first-order chi connectivity index (χ1) is 6.88. The van der Waals surface area contributed by atoms with Gasteiger partial charge in [-0.15, -0.1) is 0 Å². The standard InChI is InChI=1S/C12H16N2/c1-2-4-11(5-3-1)14-9-12(10-14)6-7-13-8-12/h1-5,13H,6-10H2. The molecule has 0 bridgehead atoms. The van der Waals surface area contributed by atoms with E-state index in [9.17, 15) is 0 Å². The molecule has 2 saturated heterocycles. The highest BCUT2D eigenvalue weighted by Crippen LogP contribution is 2.38. The highest BCUT2D eigenvalue weighted by atomic mass is 15.2. The van der Waals surface area contributed by atoms with Crippen LogP contribution in [0.2, 0.25) is 0 Å². The zero-order chi connectivity index (χ0) is 9.43. The molecule has 1 spiro atoms. The van der Waals surface area contributed by atoms with Crippen molar-refractivity contribution >= 4 is 5.69 Å². The van der Waals surface area contributed by atoms with Crippen LogP contribution in [0.5, 0.6) is 0 Å². The van der Waals surface area contributed by atoms with E-state index in [1.54, 1.807) is 0 Å². The van der Waals surface area contributed by atoms with Crippen molar-refractivity contribution in [2.24, 2.45) is 5.41 Å². The number of hydrogen-bond donors (Lipinski definition) is 1. The van der Waals surface area contributed by atoms with Crippen molar-refractivity contribution in [1.29, 1.82) is 0 Å². The number of para-hydroxylation sites is 1. The zero-order valence-corrected chi connectivity index (χ0v) is 8.37. The van der Waals surface area contributed by atoms with E-state index < -0.39 is 0 Å². The Labute approximate surface area is 84.9 Å². The van der Waals surface area contributed by atoms with Crippen LogP contribution in [0.4, 0.5) is 5.69 Å². The van der Waals surface area contributed by atoms with E-state index in [0.717, 1.165) is 0 Å². The largest absolute Gasteiger partial charge is 0.370 e. The molecule has 0 atom stereocenters. The van der Waals surface area contributed by atoms with Crippen LogP contribution in [0, 0.1) is 5.41 Å². The predicted molar refractivity (Wildman–Crippen MR) is 58.6 cm³/mol. The van der Waals surface area contributed by atoms with Gasteiger partial charge in [0.1, 0.15) is 0 Å². The van der Waals surface area contributed by atoms with Crippen LogP contribution >= 0.6 is 0 Å². The lowest BCUT2D eigenvalue weighted by molar-refractivity contribution is 0.243. The quantitative estimate of drug-likeness (QED) is 0.718. The summed E-state index contributed by atoms with van der Waals surface area (Å²) in [5, 5.41) is 3.46. The third kappa shape index (κ3) is 1.22. The molecule has 0 amide bonds. The molecule has 2 heterocycles. The number of hydrogen-bond acceptors (Lipinski definition) is 2. The van der Waals surface area contributed by atoms with Gasteiger partial charge in [-0.1, -0.05) is 18.2 Å². The molecule has 2 heteroatoms. The summed E-state index contributed by atoms with van der Waals surface area (Å²) in [7, 11) is 0. The van der Waals surface area contributed by atoms with Gasteiger partial charge in [-0.25, -0.2) is 0 Å². The smallest absolute Gasteiger partial charge is 0.0366 e. The van der Waals surface area contributed by atoms with Crippen LogP contribution in [-0.2, 0) is 0 Å². The molecule has 0 aliphatic carbocycles. The van der Waals surface area contributed by atoms with Crippen LogP contribution in [-0.4, -0.2) is 26.2 Å². The zero-order valence-electron chi connectivity index (χ0n) is 8.37. The van der Waals surface area contributed by atoms with Gasteiger partial charge in [0.25, 0.3) is 0 Å². The summed E-state index contributed by atoms with van der Waals surface area (Å²) in [6.07, 6.45) is 1.36. The van der Waals surface area contributed by atoms with Crippen molar-refractivity contribution < 1.29 is 0 Å². The van der Waals surface area contributed by atoms with E-state index in [1.165, 1.54) is 38.3 Å². The SMILES string of the molecule is c1ccc(N2CC3(CCNC3)C2)cc1. The fraction of sp³-hybridized carbons (Fsp3) is 0.500. The van der Waals surface area contributed by atoms with Crippen molar-refractivity contribution in [2.45, 2.75) is 6.42 Å². The first-order valence-electron chi connectivity index (χ1n) is 5.39. The van der Waals surface area contributed by atoms with Crippen molar-refractivity contribution in [2.75, 3.05) is 31.1 Å². The molecule has 0 aromatic heterocycles. The summed E-state index contributed by atoms with van der Waals surface area (Å²) in [5.74, 6) is 0. The van der Waals surface area contributed by atoms with Crippen LogP contribution < -0.4 is 10.2 Å². The van der Waals surface area contributed by atoms with Gasteiger partial charge in [-0.05, 0) is 25.1 Å². The molecule has 2 aliphatic rings. The third-order valence-electron chi connectivity index (χ3n) is 3.51. The molecule has 14 heavy (non-hydrogen) atoms. The Morgan fingerprint density at radius 2 is 1.93 bits per heavy atom. The van der Waals surface area contributed by atoms with Gasteiger partial charge in [0, 0.05) is 30.7 Å². The lowest BCUT2D eigenvalue weighted by atomic mass is 9.79. The number of nitrogens with one attached hydrogen (secondary N) is 1. The van der Waals surface area contributed by atoms with E-state index in [4.69, 9.17) is 0 Å².